The number of hydrogen-bond donors (Lipinski definition) is 2. The van der Waals surface area contributed by atoms with Gasteiger partial charge in [-0.3, -0.25) is 0 Å². The number of carbonyl (C=O) groups is 1. The molecule has 5 nitrogen and oxygen atoms in total. The largest absolute Gasteiger partial charge is 0.444 e. The van der Waals surface area contributed by atoms with Crippen molar-refractivity contribution >= 4 is 18.5 Å². The van der Waals surface area contributed by atoms with Crippen LogP contribution < -0.4 is 11.1 Å². The van der Waals surface area contributed by atoms with Crippen LogP contribution in [0.25, 0.3) is 0 Å². The van der Waals surface area contributed by atoms with Gasteiger partial charge in [-0.2, -0.15) is 0 Å². The highest BCUT2D eigenvalue weighted by Crippen LogP contribution is 2.47. The lowest BCUT2D eigenvalue weighted by molar-refractivity contribution is -0.177. The van der Waals surface area contributed by atoms with Gasteiger partial charge < -0.3 is 20.5 Å². The number of halogens is 1. The molecular weight excluding hydrogens is 280 g/mol. The van der Waals surface area contributed by atoms with Crippen molar-refractivity contribution in [2.24, 2.45) is 11.1 Å². The summed E-state index contributed by atoms with van der Waals surface area (Å²) in [7, 11) is 0. The van der Waals surface area contributed by atoms with Gasteiger partial charge in [0.15, 0.2) is 0 Å². The Balaban J connectivity index is 0.00000200. The number of fused-ring (bicyclic) bond motifs is 3. The molecule has 118 valence electrons. The Morgan fingerprint density at radius 1 is 1.30 bits per heavy atom. The molecule has 0 spiro atoms. The fourth-order valence-corrected chi connectivity index (χ4v) is 2.87. The van der Waals surface area contributed by atoms with Crippen LogP contribution in [-0.2, 0) is 9.47 Å². The van der Waals surface area contributed by atoms with Crippen LogP contribution in [0.1, 0.15) is 46.5 Å². The van der Waals surface area contributed by atoms with Crippen LogP contribution >= 0.6 is 12.4 Å². The van der Waals surface area contributed by atoms with E-state index in [1.165, 1.54) is 0 Å². The van der Waals surface area contributed by atoms with E-state index in [9.17, 15) is 4.79 Å². The van der Waals surface area contributed by atoms with E-state index < -0.39 is 5.60 Å². The Kier molecular flexibility index (Phi) is 5.33. The molecule has 3 fully saturated rings. The summed E-state index contributed by atoms with van der Waals surface area (Å²) in [6, 6.07) is 0. The van der Waals surface area contributed by atoms with Crippen molar-refractivity contribution in [1.82, 2.24) is 5.32 Å². The van der Waals surface area contributed by atoms with Gasteiger partial charge in [0.25, 0.3) is 0 Å². The van der Waals surface area contributed by atoms with Crippen LogP contribution in [0.5, 0.6) is 0 Å². The molecule has 0 atom stereocenters. The molecule has 3 aliphatic rings. The Morgan fingerprint density at radius 2 is 1.90 bits per heavy atom. The Bertz CT molecular complexity index is 330. The topological polar surface area (TPSA) is 73.6 Å². The van der Waals surface area contributed by atoms with Gasteiger partial charge in [0, 0.05) is 18.5 Å². The van der Waals surface area contributed by atoms with Gasteiger partial charge in [0.1, 0.15) is 5.60 Å². The molecule has 2 saturated heterocycles. The molecule has 6 heteroatoms. The van der Waals surface area contributed by atoms with E-state index in [1.54, 1.807) is 0 Å². The van der Waals surface area contributed by atoms with Crippen LogP contribution in [-0.4, -0.2) is 37.0 Å². The van der Waals surface area contributed by atoms with E-state index >= 15 is 0 Å². The highest BCUT2D eigenvalue weighted by atomic mass is 35.5. The van der Waals surface area contributed by atoms with Crippen molar-refractivity contribution in [2.75, 3.05) is 19.7 Å². The minimum Gasteiger partial charge on any atom is -0.444 e. The fourth-order valence-electron chi connectivity index (χ4n) is 2.87. The second-order valence-electron chi connectivity index (χ2n) is 7.03. The standard InChI is InChI=1S/C14H26N2O3.ClH/c1-12(2,3)19-11(17)16-9-14-6-4-13(8-15,5-7-14)10-18-14;/h4-10,15H2,1-3H3,(H,16,17);1H. The Hall–Kier alpha value is -0.520. The van der Waals surface area contributed by atoms with Gasteiger partial charge in [0.2, 0.25) is 0 Å². The first kappa shape index (κ1) is 17.5. The van der Waals surface area contributed by atoms with Gasteiger partial charge in [-0.15, -0.1) is 12.4 Å². The lowest BCUT2D eigenvalue weighted by atomic mass is 9.66. The highest BCUT2D eigenvalue weighted by molar-refractivity contribution is 5.85. The third-order valence-corrected chi connectivity index (χ3v) is 4.29. The van der Waals surface area contributed by atoms with E-state index in [4.69, 9.17) is 15.2 Å². The first-order valence-electron chi connectivity index (χ1n) is 7.09. The Labute approximate surface area is 127 Å². The van der Waals surface area contributed by atoms with Crippen molar-refractivity contribution in [3.63, 3.8) is 0 Å². The average Bonchev–Trinajstić information content (AvgIpc) is 2.37. The molecule has 1 amide bonds. The predicted octanol–water partition coefficient (Wildman–Crippen LogP) is 2.22. The normalized spacial score (nSPS) is 32.4. The smallest absolute Gasteiger partial charge is 0.407 e. The molecule has 2 aliphatic heterocycles. The maximum absolute atomic E-state index is 11.7. The third kappa shape index (κ3) is 3.99. The van der Waals surface area contributed by atoms with E-state index in [1.807, 2.05) is 20.8 Å². The molecule has 0 radical (unpaired) electrons. The number of rotatable bonds is 3. The van der Waals surface area contributed by atoms with Crippen LogP contribution in [0.15, 0.2) is 0 Å². The summed E-state index contributed by atoms with van der Waals surface area (Å²) in [4.78, 5) is 11.7. The molecule has 3 N–H and O–H groups in total. The van der Waals surface area contributed by atoms with E-state index in [2.05, 4.69) is 5.32 Å². The lowest BCUT2D eigenvalue weighted by Gasteiger charge is -2.52. The number of hydrogen-bond acceptors (Lipinski definition) is 4. The molecule has 20 heavy (non-hydrogen) atoms. The van der Waals surface area contributed by atoms with E-state index in [0.717, 1.165) is 32.3 Å². The molecule has 0 aromatic heterocycles. The maximum atomic E-state index is 11.7. The summed E-state index contributed by atoms with van der Waals surface area (Å²) in [5.41, 5.74) is 5.36. The van der Waals surface area contributed by atoms with Crippen LogP contribution in [0, 0.1) is 5.41 Å². The second-order valence-corrected chi connectivity index (χ2v) is 7.03. The number of nitrogens with two attached hydrogens (primary N) is 1. The molecule has 1 saturated carbocycles. The monoisotopic (exact) mass is 306 g/mol. The second kappa shape index (κ2) is 6.08. The number of ether oxygens (including phenoxy) is 2. The van der Waals surface area contributed by atoms with Gasteiger partial charge in [-0.25, -0.2) is 4.79 Å². The lowest BCUT2D eigenvalue weighted by Crippen LogP contribution is -2.58. The third-order valence-electron chi connectivity index (χ3n) is 4.29. The van der Waals surface area contributed by atoms with Gasteiger partial charge in [-0.05, 0) is 46.5 Å². The summed E-state index contributed by atoms with van der Waals surface area (Å²) in [5.74, 6) is 0. The predicted molar refractivity (Wildman–Crippen MR) is 80.1 cm³/mol. The summed E-state index contributed by atoms with van der Waals surface area (Å²) >= 11 is 0. The van der Waals surface area contributed by atoms with Gasteiger partial charge in [-0.1, -0.05) is 0 Å². The zero-order valence-corrected chi connectivity index (χ0v) is 13.5. The zero-order chi connectivity index (χ0) is 14.1. The van der Waals surface area contributed by atoms with Crippen molar-refractivity contribution in [3.8, 4) is 0 Å². The van der Waals surface area contributed by atoms with Crippen LogP contribution in [0.3, 0.4) is 0 Å². The van der Waals surface area contributed by atoms with E-state index in [-0.39, 0.29) is 29.5 Å². The van der Waals surface area contributed by atoms with Crippen LogP contribution in [0.2, 0.25) is 0 Å². The van der Waals surface area contributed by atoms with Crippen molar-refractivity contribution in [3.05, 3.63) is 0 Å². The fraction of sp³-hybridized carbons (Fsp3) is 0.929. The van der Waals surface area contributed by atoms with Crippen molar-refractivity contribution in [1.29, 1.82) is 0 Å². The minimum absolute atomic E-state index is 0. The quantitative estimate of drug-likeness (QED) is 0.838. The number of carbonyl (C=O) groups excluding carboxylic acids is 1. The summed E-state index contributed by atoms with van der Waals surface area (Å²) < 4.78 is 11.2. The Morgan fingerprint density at radius 3 is 2.30 bits per heavy atom. The number of nitrogens with one attached hydrogen (secondary N) is 1. The zero-order valence-electron chi connectivity index (χ0n) is 12.7. The molecule has 2 heterocycles. The van der Waals surface area contributed by atoms with Crippen molar-refractivity contribution in [2.45, 2.75) is 57.7 Å². The molecule has 0 aromatic rings. The summed E-state index contributed by atoms with van der Waals surface area (Å²) in [6.45, 7) is 7.53. The SMILES string of the molecule is CC(C)(C)OC(=O)NCC12CCC(CN)(CC1)CO2.Cl. The molecule has 0 unspecified atom stereocenters. The molecule has 3 rings (SSSR count). The molecule has 2 bridgehead atoms. The van der Waals surface area contributed by atoms with Crippen molar-refractivity contribution < 1.29 is 14.3 Å². The molecule has 1 aliphatic carbocycles. The van der Waals surface area contributed by atoms with Crippen LogP contribution in [0.4, 0.5) is 4.79 Å². The number of alkyl carbamates (subject to hydrolysis) is 1. The summed E-state index contributed by atoms with van der Waals surface area (Å²) in [5, 5.41) is 2.84. The van der Waals surface area contributed by atoms with Gasteiger partial charge in [0.05, 0.1) is 12.2 Å². The average molecular weight is 307 g/mol. The number of amides is 1. The highest BCUT2D eigenvalue weighted by Gasteiger charge is 2.49. The van der Waals surface area contributed by atoms with E-state index in [0.29, 0.717) is 13.1 Å². The minimum atomic E-state index is -0.462. The molecule has 0 aromatic carbocycles. The first-order chi connectivity index (χ1) is 8.78. The van der Waals surface area contributed by atoms with Gasteiger partial charge >= 0.3 is 6.09 Å². The first-order valence-corrected chi connectivity index (χ1v) is 7.09. The summed E-state index contributed by atoms with van der Waals surface area (Å²) in [6.07, 6.45) is 3.77. The maximum Gasteiger partial charge on any atom is 0.407 e. The molecular formula is C14H27ClN2O3.